The maximum Gasteiger partial charge on any atom is 0.257 e. The van der Waals surface area contributed by atoms with Gasteiger partial charge in [0, 0.05) is 26.3 Å². The summed E-state index contributed by atoms with van der Waals surface area (Å²) in [6, 6.07) is 3.64. The molecule has 0 saturated carbocycles. The first kappa shape index (κ1) is 11.9. The molecule has 1 N–H and O–H groups in total. The largest absolute Gasteiger partial charge is 0.372 e. The molecule has 92 valence electrons. The van der Waals surface area contributed by atoms with Gasteiger partial charge in [0.2, 0.25) is 0 Å². The molecule has 1 aliphatic heterocycles. The number of aromatic nitrogens is 1. The first-order valence-electron chi connectivity index (χ1n) is 6.18. The Morgan fingerprint density at radius 3 is 3.12 bits per heavy atom. The molecule has 0 spiro atoms. The van der Waals surface area contributed by atoms with Crippen molar-refractivity contribution in [2.45, 2.75) is 19.8 Å². The molecule has 1 unspecified atom stereocenters. The fraction of sp³-hybridized carbons (Fsp3) is 0.538. The maximum atomic E-state index is 12.3. The van der Waals surface area contributed by atoms with Crippen molar-refractivity contribution in [2.75, 3.05) is 25.5 Å². The Labute approximate surface area is 102 Å². The smallest absolute Gasteiger partial charge is 0.257 e. The van der Waals surface area contributed by atoms with Gasteiger partial charge in [-0.3, -0.25) is 4.79 Å². The summed E-state index contributed by atoms with van der Waals surface area (Å²) in [4.78, 5) is 18.4. The van der Waals surface area contributed by atoms with E-state index in [1.165, 1.54) is 0 Å². The number of carbonyl (C=O) groups excluding carboxylic acids is 1. The molecule has 1 aromatic heterocycles. The van der Waals surface area contributed by atoms with Crippen LogP contribution in [0.4, 0.5) is 5.82 Å². The second-order valence-electron chi connectivity index (χ2n) is 4.46. The average Bonchev–Trinajstić information content (AvgIpc) is 2.86. The number of anilines is 1. The van der Waals surface area contributed by atoms with E-state index < -0.39 is 0 Å². The lowest BCUT2D eigenvalue weighted by Crippen LogP contribution is -2.29. The highest BCUT2D eigenvalue weighted by molar-refractivity contribution is 5.98. The third kappa shape index (κ3) is 2.40. The first-order chi connectivity index (χ1) is 8.26. The second-order valence-corrected chi connectivity index (χ2v) is 4.46. The molecule has 2 heterocycles. The molecule has 4 nitrogen and oxygen atoms in total. The van der Waals surface area contributed by atoms with Crippen molar-refractivity contribution < 1.29 is 4.79 Å². The highest BCUT2D eigenvalue weighted by atomic mass is 16.2. The summed E-state index contributed by atoms with van der Waals surface area (Å²) >= 11 is 0. The summed E-state index contributed by atoms with van der Waals surface area (Å²) in [5, 5.41) is 2.97. The molecule has 1 aliphatic rings. The lowest BCUT2D eigenvalue weighted by molar-refractivity contribution is 0.0787. The number of carbonyl (C=O) groups is 1. The van der Waals surface area contributed by atoms with Crippen LogP contribution in [0.1, 0.15) is 30.1 Å². The fourth-order valence-corrected chi connectivity index (χ4v) is 2.30. The Morgan fingerprint density at radius 1 is 1.65 bits per heavy atom. The van der Waals surface area contributed by atoms with Gasteiger partial charge in [-0.05, 0) is 24.5 Å². The number of rotatable bonds is 3. The van der Waals surface area contributed by atoms with E-state index in [1.807, 2.05) is 11.0 Å². The highest BCUT2D eigenvalue weighted by Crippen LogP contribution is 2.22. The number of hydrogen-bond acceptors (Lipinski definition) is 3. The van der Waals surface area contributed by atoms with E-state index in [2.05, 4.69) is 17.2 Å². The second kappa shape index (κ2) is 5.17. The zero-order valence-corrected chi connectivity index (χ0v) is 10.4. The molecule has 4 heteroatoms. The van der Waals surface area contributed by atoms with E-state index in [9.17, 15) is 4.79 Å². The molecular weight excluding hydrogens is 214 g/mol. The number of amides is 1. The Balaban J connectivity index is 2.15. The number of nitrogens with zero attached hydrogens (tertiary/aromatic N) is 2. The average molecular weight is 233 g/mol. The van der Waals surface area contributed by atoms with E-state index in [0.29, 0.717) is 17.3 Å². The van der Waals surface area contributed by atoms with Crippen molar-refractivity contribution in [1.29, 1.82) is 0 Å². The van der Waals surface area contributed by atoms with Crippen LogP contribution in [0.5, 0.6) is 0 Å². The molecule has 2 rings (SSSR count). The van der Waals surface area contributed by atoms with Crippen molar-refractivity contribution in [3.05, 3.63) is 23.9 Å². The van der Waals surface area contributed by atoms with Crippen LogP contribution in [0.3, 0.4) is 0 Å². The van der Waals surface area contributed by atoms with Crippen LogP contribution in [0, 0.1) is 5.92 Å². The van der Waals surface area contributed by atoms with Gasteiger partial charge in [-0.1, -0.05) is 13.3 Å². The van der Waals surface area contributed by atoms with Crippen LogP contribution in [-0.4, -0.2) is 35.9 Å². The summed E-state index contributed by atoms with van der Waals surface area (Å²) < 4.78 is 0. The van der Waals surface area contributed by atoms with Gasteiger partial charge < -0.3 is 10.2 Å². The van der Waals surface area contributed by atoms with Gasteiger partial charge in [-0.15, -0.1) is 0 Å². The van der Waals surface area contributed by atoms with Crippen LogP contribution < -0.4 is 5.32 Å². The predicted molar refractivity (Wildman–Crippen MR) is 68.1 cm³/mol. The van der Waals surface area contributed by atoms with E-state index in [1.54, 1.807) is 19.3 Å². The monoisotopic (exact) mass is 233 g/mol. The lowest BCUT2D eigenvalue weighted by atomic mass is 10.1. The van der Waals surface area contributed by atoms with Crippen molar-refractivity contribution in [3.8, 4) is 0 Å². The molecule has 1 amide bonds. The maximum absolute atomic E-state index is 12.3. The van der Waals surface area contributed by atoms with Gasteiger partial charge in [0.05, 0.1) is 5.56 Å². The summed E-state index contributed by atoms with van der Waals surface area (Å²) in [7, 11) is 1.79. The fourth-order valence-electron chi connectivity index (χ4n) is 2.30. The summed E-state index contributed by atoms with van der Waals surface area (Å²) in [6.07, 6.45) is 3.97. The van der Waals surface area contributed by atoms with Crippen LogP contribution in [0.2, 0.25) is 0 Å². The normalized spacial score (nSPS) is 19.4. The number of nitrogens with one attached hydrogen (secondary N) is 1. The minimum absolute atomic E-state index is 0.0957. The standard InChI is InChI=1S/C13H19N3O/c1-3-10-6-8-16(9-10)13(17)11-5-4-7-15-12(11)14-2/h4-5,7,10H,3,6,8-9H2,1-2H3,(H,14,15). The number of hydrogen-bond donors (Lipinski definition) is 1. The van der Waals surface area contributed by atoms with Crippen molar-refractivity contribution in [3.63, 3.8) is 0 Å². The molecule has 1 atom stereocenters. The van der Waals surface area contributed by atoms with Crippen LogP contribution >= 0.6 is 0 Å². The third-order valence-corrected chi connectivity index (χ3v) is 3.43. The molecule has 17 heavy (non-hydrogen) atoms. The molecule has 1 aromatic rings. The Morgan fingerprint density at radius 2 is 2.47 bits per heavy atom. The SMILES string of the molecule is CCC1CCN(C(=O)c2cccnc2NC)C1. The molecule has 0 bridgehead atoms. The Kier molecular flexibility index (Phi) is 3.61. The summed E-state index contributed by atoms with van der Waals surface area (Å²) in [5.74, 6) is 1.42. The number of likely N-dealkylation sites (tertiary alicyclic amines) is 1. The lowest BCUT2D eigenvalue weighted by Gasteiger charge is -2.17. The van der Waals surface area contributed by atoms with Gasteiger partial charge in [-0.25, -0.2) is 4.98 Å². The number of pyridine rings is 1. The minimum Gasteiger partial charge on any atom is -0.372 e. The Hall–Kier alpha value is -1.58. The topological polar surface area (TPSA) is 45.2 Å². The van der Waals surface area contributed by atoms with Crippen molar-refractivity contribution >= 4 is 11.7 Å². The van der Waals surface area contributed by atoms with Gasteiger partial charge in [0.1, 0.15) is 5.82 Å². The highest BCUT2D eigenvalue weighted by Gasteiger charge is 2.27. The molecule has 0 aromatic carbocycles. The molecule has 1 fully saturated rings. The molecule has 1 saturated heterocycles. The van der Waals surface area contributed by atoms with Crippen LogP contribution in [-0.2, 0) is 0 Å². The summed E-state index contributed by atoms with van der Waals surface area (Å²) in [5.41, 5.74) is 0.673. The van der Waals surface area contributed by atoms with Crippen molar-refractivity contribution in [1.82, 2.24) is 9.88 Å². The molecule has 0 radical (unpaired) electrons. The van der Waals surface area contributed by atoms with Crippen LogP contribution in [0.15, 0.2) is 18.3 Å². The van der Waals surface area contributed by atoms with E-state index in [-0.39, 0.29) is 5.91 Å². The van der Waals surface area contributed by atoms with Gasteiger partial charge in [0.15, 0.2) is 0 Å². The third-order valence-electron chi connectivity index (χ3n) is 3.43. The zero-order valence-electron chi connectivity index (χ0n) is 10.4. The summed E-state index contributed by atoms with van der Waals surface area (Å²) in [6.45, 7) is 3.94. The molecule has 0 aliphatic carbocycles. The van der Waals surface area contributed by atoms with E-state index in [0.717, 1.165) is 25.9 Å². The van der Waals surface area contributed by atoms with Gasteiger partial charge in [0.25, 0.3) is 5.91 Å². The van der Waals surface area contributed by atoms with E-state index in [4.69, 9.17) is 0 Å². The van der Waals surface area contributed by atoms with E-state index >= 15 is 0 Å². The van der Waals surface area contributed by atoms with Crippen LogP contribution in [0.25, 0.3) is 0 Å². The quantitative estimate of drug-likeness (QED) is 0.868. The first-order valence-corrected chi connectivity index (χ1v) is 6.18. The van der Waals surface area contributed by atoms with Gasteiger partial charge >= 0.3 is 0 Å². The zero-order chi connectivity index (χ0) is 12.3. The Bertz CT molecular complexity index is 405. The molecular formula is C13H19N3O. The predicted octanol–water partition coefficient (Wildman–Crippen LogP) is 2.00. The minimum atomic E-state index is 0.0957. The van der Waals surface area contributed by atoms with Gasteiger partial charge in [-0.2, -0.15) is 0 Å². The van der Waals surface area contributed by atoms with Crippen molar-refractivity contribution in [2.24, 2.45) is 5.92 Å².